The van der Waals surface area contributed by atoms with E-state index in [1.807, 2.05) is 0 Å². The van der Waals surface area contributed by atoms with Gasteiger partial charge in [-0.1, -0.05) is 43.2 Å². The molecule has 0 saturated carbocycles. The Balaban J connectivity index is 1.73. The van der Waals surface area contributed by atoms with Crippen molar-refractivity contribution in [1.29, 1.82) is 0 Å². The van der Waals surface area contributed by atoms with Crippen LogP contribution in [0.25, 0.3) is 0 Å². The second kappa shape index (κ2) is 7.95. The van der Waals surface area contributed by atoms with E-state index in [4.69, 9.17) is 0 Å². The molecule has 0 bridgehead atoms. The lowest BCUT2D eigenvalue weighted by atomic mass is 9.96. The highest BCUT2D eigenvalue weighted by molar-refractivity contribution is 5.28. The number of piperidine rings is 1. The smallest absolute Gasteiger partial charge is 0.0233 e. The van der Waals surface area contributed by atoms with Crippen molar-refractivity contribution >= 4 is 0 Å². The number of aryl methyl sites for hydroxylation is 2. The molecule has 1 aromatic rings. The standard InChI is InChI=1S/C19H32N2/c1-15(2)12-20-13-18-5-7-21(8-6-18)14-19-10-16(3)9-17(4)11-19/h9-11,15,18,20H,5-8,12-14H2,1-4H3. The lowest BCUT2D eigenvalue weighted by Gasteiger charge is -2.32. The minimum atomic E-state index is 0.759. The Bertz CT molecular complexity index is 411. The summed E-state index contributed by atoms with van der Waals surface area (Å²) in [4.78, 5) is 2.62. The molecule has 0 atom stereocenters. The van der Waals surface area contributed by atoms with Crippen molar-refractivity contribution in [2.75, 3.05) is 26.2 Å². The van der Waals surface area contributed by atoms with Crippen LogP contribution in [0.5, 0.6) is 0 Å². The third-order valence-electron chi connectivity index (χ3n) is 4.38. The van der Waals surface area contributed by atoms with Gasteiger partial charge in [-0.25, -0.2) is 0 Å². The highest BCUT2D eigenvalue weighted by atomic mass is 15.1. The van der Waals surface area contributed by atoms with Crippen molar-refractivity contribution in [2.45, 2.75) is 47.1 Å². The summed E-state index contributed by atoms with van der Waals surface area (Å²) in [6.07, 6.45) is 2.69. The van der Waals surface area contributed by atoms with Gasteiger partial charge in [0.2, 0.25) is 0 Å². The number of rotatable bonds is 6. The zero-order chi connectivity index (χ0) is 15.2. The predicted molar refractivity (Wildman–Crippen MR) is 91.6 cm³/mol. The van der Waals surface area contributed by atoms with Gasteiger partial charge in [-0.05, 0) is 70.3 Å². The molecule has 0 spiro atoms. The van der Waals surface area contributed by atoms with Gasteiger partial charge in [-0.15, -0.1) is 0 Å². The Kier molecular flexibility index (Phi) is 6.25. The van der Waals surface area contributed by atoms with Crippen molar-refractivity contribution in [1.82, 2.24) is 10.2 Å². The van der Waals surface area contributed by atoms with Crippen LogP contribution in [0.3, 0.4) is 0 Å². The van der Waals surface area contributed by atoms with Crippen LogP contribution >= 0.6 is 0 Å². The highest BCUT2D eigenvalue weighted by Crippen LogP contribution is 2.19. The molecule has 1 aliphatic rings. The Morgan fingerprint density at radius 1 is 1.10 bits per heavy atom. The largest absolute Gasteiger partial charge is 0.316 e. The van der Waals surface area contributed by atoms with E-state index in [1.165, 1.54) is 49.2 Å². The molecule has 0 aliphatic carbocycles. The maximum atomic E-state index is 3.62. The number of nitrogens with zero attached hydrogens (tertiary/aromatic N) is 1. The summed E-state index contributed by atoms with van der Waals surface area (Å²) >= 11 is 0. The van der Waals surface area contributed by atoms with Gasteiger partial charge in [-0.3, -0.25) is 4.90 Å². The monoisotopic (exact) mass is 288 g/mol. The average Bonchev–Trinajstić information content (AvgIpc) is 2.39. The molecule has 0 amide bonds. The molecular formula is C19H32N2. The third-order valence-corrected chi connectivity index (χ3v) is 4.38. The molecule has 2 rings (SSSR count). The highest BCUT2D eigenvalue weighted by Gasteiger charge is 2.19. The lowest BCUT2D eigenvalue weighted by Crippen LogP contribution is -2.37. The second-order valence-electron chi connectivity index (χ2n) is 7.27. The van der Waals surface area contributed by atoms with Crippen molar-refractivity contribution < 1.29 is 0 Å². The summed E-state index contributed by atoms with van der Waals surface area (Å²) in [5.74, 6) is 1.63. The van der Waals surface area contributed by atoms with Crippen molar-refractivity contribution in [3.8, 4) is 0 Å². The molecule has 1 aliphatic heterocycles. The molecule has 0 unspecified atom stereocenters. The molecule has 2 heteroatoms. The van der Waals surface area contributed by atoms with E-state index in [0.29, 0.717) is 0 Å². The van der Waals surface area contributed by atoms with E-state index in [2.05, 4.69) is 56.1 Å². The van der Waals surface area contributed by atoms with E-state index in [9.17, 15) is 0 Å². The number of likely N-dealkylation sites (tertiary alicyclic amines) is 1. The van der Waals surface area contributed by atoms with Crippen LogP contribution in [-0.4, -0.2) is 31.1 Å². The third kappa shape index (κ3) is 5.80. The van der Waals surface area contributed by atoms with E-state index in [1.54, 1.807) is 0 Å². The van der Waals surface area contributed by atoms with Crippen LogP contribution < -0.4 is 5.32 Å². The van der Waals surface area contributed by atoms with Gasteiger partial charge >= 0.3 is 0 Å². The Morgan fingerprint density at radius 2 is 1.71 bits per heavy atom. The number of nitrogens with one attached hydrogen (secondary N) is 1. The van der Waals surface area contributed by atoms with Crippen molar-refractivity contribution in [3.63, 3.8) is 0 Å². The quantitative estimate of drug-likeness (QED) is 0.857. The Hall–Kier alpha value is -0.860. The first-order valence-electron chi connectivity index (χ1n) is 8.53. The summed E-state index contributed by atoms with van der Waals surface area (Å²) in [7, 11) is 0. The minimum Gasteiger partial charge on any atom is -0.316 e. The molecule has 1 N–H and O–H groups in total. The van der Waals surface area contributed by atoms with Gasteiger partial charge in [-0.2, -0.15) is 0 Å². The predicted octanol–water partition coefficient (Wildman–Crippen LogP) is 3.76. The van der Waals surface area contributed by atoms with Crippen LogP contribution in [0.15, 0.2) is 18.2 Å². The lowest BCUT2D eigenvalue weighted by molar-refractivity contribution is 0.175. The summed E-state index contributed by atoms with van der Waals surface area (Å²) in [6, 6.07) is 6.93. The van der Waals surface area contributed by atoms with Crippen LogP contribution in [-0.2, 0) is 6.54 Å². The first kappa shape index (κ1) is 16.5. The SMILES string of the molecule is Cc1cc(C)cc(CN2CCC(CNCC(C)C)CC2)c1. The minimum absolute atomic E-state index is 0.759. The van der Waals surface area contributed by atoms with Crippen LogP contribution in [0.4, 0.5) is 0 Å². The summed E-state index contributed by atoms with van der Waals surface area (Å²) in [5, 5.41) is 3.62. The van der Waals surface area contributed by atoms with Gasteiger partial charge in [0.1, 0.15) is 0 Å². The van der Waals surface area contributed by atoms with Crippen LogP contribution in [0.2, 0.25) is 0 Å². The van der Waals surface area contributed by atoms with Gasteiger partial charge < -0.3 is 5.32 Å². The molecule has 1 heterocycles. The van der Waals surface area contributed by atoms with E-state index in [0.717, 1.165) is 24.9 Å². The Labute approximate surface area is 130 Å². The van der Waals surface area contributed by atoms with Crippen LogP contribution in [0.1, 0.15) is 43.4 Å². The normalized spacial score (nSPS) is 17.6. The number of benzene rings is 1. The van der Waals surface area contributed by atoms with Gasteiger partial charge in [0, 0.05) is 6.54 Å². The maximum Gasteiger partial charge on any atom is 0.0233 e. The molecule has 21 heavy (non-hydrogen) atoms. The van der Waals surface area contributed by atoms with Crippen molar-refractivity contribution in [2.24, 2.45) is 11.8 Å². The van der Waals surface area contributed by atoms with Crippen LogP contribution in [0, 0.1) is 25.7 Å². The zero-order valence-electron chi connectivity index (χ0n) is 14.3. The van der Waals surface area contributed by atoms with E-state index >= 15 is 0 Å². The van der Waals surface area contributed by atoms with Gasteiger partial charge in [0.05, 0.1) is 0 Å². The first-order chi connectivity index (χ1) is 10.0. The molecule has 118 valence electrons. The fourth-order valence-corrected chi connectivity index (χ4v) is 3.34. The summed E-state index contributed by atoms with van der Waals surface area (Å²) < 4.78 is 0. The maximum absolute atomic E-state index is 3.62. The topological polar surface area (TPSA) is 15.3 Å². The van der Waals surface area contributed by atoms with Crippen molar-refractivity contribution in [3.05, 3.63) is 34.9 Å². The molecule has 1 saturated heterocycles. The zero-order valence-corrected chi connectivity index (χ0v) is 14.3. The molecular weight excluding hydrogens is 256 g/mol. The molecule has 1 fully saturated rings. The first-order valence-corrected chi connectivity index (χ1v) is 8.53. The Morgan fingerprint density at radius 3 is 2.29 bits per heavy atom. The summed E-state index contributed by atoms with van der Waals surface area (Å²) in [6.45, 7) is 14.9. The molecule has 1 aromatic carbocycles. The fourth-order valence-electron chi connectivity index (χ4n) is 3.34. The fraction of sp³-hybridized carbons (Fsp3) is 0.684. The summed E-state index contributed by atoms with van der Waals surface area (Å²) in [5.41, 5.74) is 4.25. The average molecular weight is 288 g/mol. The molecule has 2 nitrogen and oxygen atoms in total. The van der Waals surface area contributed by atoms with Gasteiger partial charge in [0.25, 0.3) is 0 Å². The van der Waals surface area contributed by atoms with Gasteiger partial charge in [0.15, 0.2) is 0 Å². The number of hydrogen-bond acceptors (Lipinski definition) is 2. The molecule has 0 aromatic heterocycles. The second-order valence-corrected chi connectivity index (χ2v) is 7.27. The van der Waals surface area contributed by atoms with E-state index in [-0.39, 0.29) is 0 Å². The molecule has 0 radical (unpaired) electrons. The van der Waals surface area contributed by atoms with E-state index < -0.39 is 0 Å². The number of hydrogen-bond donors (Lipinski definition) is 1.